The summed E-state index contributed by atoms with van der Waals surface area (Å²) in [7, 11) is 0. The third-order valence-corrected chi connectivity index (χ3v) is 4.53. The molecule has 1 amide bonds. The van der Waals surface area contributed by atoms with E-state index in [1.165, 1.54) is 18.2 Å². The maximum absolute atomic E-state index is 13.8. The van der Waals surface area contributed by atoms with Crippen molar-refractivity contribution in [3.63, 3.8) is 0 Å². The molecule has 8 heteroatoms. The Balaban J connectivity index is 1.71. The van der Waals surface area contributed by atoms with E-state index in [9.17, 15) is 19.3 Å². The van der Waals surface area contributed by atoms with E-state index < -0.39 is 10.8 Å². The van der Waals surface area contributed by atoms with Gasteiger partial charge in [0.2, 0.25) is 0 Å². The highest BCUT2D eigenvalue weighted by atomic mass is 19.1. The number of nitro groups is 1. The predicted molar refractivity (Wildman–Crippen MR) is 96.9 cm³/mol. The topological polar surface area (TPSA) is 102 Å². The largest absolute Gasteiger partial charge is 0.380 e. The second-order valence-electron chi connectivity index (χ2n) is 6.21. The molecule has 1 aliphatic heterocycles. The number of nitrogens with zero attached hydrogens (tertiary/aromatic N) is 2. The van der Waals surface area contributed by atoms with E-state index in [0.717, 1.165) is 12.8 Å². The molecule has 0 bridgehead atoms. The molecule has 0 spiro atoms. The van der Waals surface area contributed by atoms with Crippen molar-refractivity contribution in [2.75, 3.05) is 23.3 Å². The van der Waals surface area contributed by atoms with Gasteiger partial charge >= 0.3 is 0 Å². The van der Waals surface area contributed by atoms with Gasteiger partial charge in [-0.3, -0.25) is 14.9 Å². The highest BCUT2D eigenvalue weighted by Crippen LogP contribution is 2.28. The Morgan fingerprint density at radius 3 is 2.54 bits per heavy atom. The number of amides is 1. The number of nitrogens with two attached hydrogens (primary N) is 1. The van der Waals surface area contributed by atoms with E-state index in [-0.39, 0.29) is 23.1 Å². The summed E-state index contributed by atoms with van der Waals surface area (Å²) in [5.74, 6) is -0.989. The molecule has 1 heterocycles. The minimum atomic E-state index is -0.699. The van der Waals surface area contributed by atoms with Crippen LogP contribution in [0.15, 0.2) is 42.5 Å². The van der Waals surface area contributed by atoms with Crippen LogP contribution in [0.25, 0.3) is 0 Å². The Hall–Kier alpha value is -3.16. The molecule has 1 saturated heterocycles. The number of anilines is 2. The van der Waals surface area contributed by atoms with Gasteiger partial charge in [0.1, 0.15) is 5.82 Å². The number of benzene rings is 2. The number of carbonyl (C=O) groups excluding carboxylic acids is 1. The fourth-order valence-corrected chi connectivity index (χ4v) is 3.17. The van der Waals surface area contributed by atoms with E-state index >= 15 is 0 Å². The third-order valence-electron chi connectivity index (χ3n) is 4.53. The number of halogens is 1. The van der Waals surface area contributed by atoms with Crippen molar-refractivity contribution in [2.24, 2.45) is 5.73 Å². The molecule has 1 aliphatic rings. The van der Waals surface area contributed by atoms with Gasteiger partial charge in [-0.25, -0.2) is 4.39 Å². The van der Waals surface area contributed by atoms with Crippen LogP contribution in [0.5, 0.6) is 0 Å². The smallest absolute Gasteiger partial charge is 0.270 e. The number of primary amides is 1. The van der Waals surface area contributed by atoms with Gasteiger partial charge in [0.05, 0.1) is 21.9 Å². The first-order chi connectivity index (χ1) is 12.5. The van der Waals surface area contributed by atoms with Crippen LogP contribution in [0.4, 0.5) is 21.5 Å². The lowest BCUT2D eigenvalue weighted by Gasteiger charge is -2.35. The molecule has 136 valence electrons. The molecule has 3 rings (SSSR count). The number of nitrogens with one attached hydrogen (secondary N) is 1. The third kappa shape index (κ3) is 3.74. The normalized spacial score (nSPS) is 14.9. The molecular weight excluding hydrogens is 339 g/mol. The summed E-state index contributed by atoms with van der Waals surface area (Å²) < 4.78 is 13.8. The standard InChI is InChI=1S/C18H19FN4O3/c19-15-3-1-2-4-16(15)21-12-7-9-22(10-8-12)17-6-5-13(23(25)26)11-14(17)18(20)24/h1-6,11-12,21H,7-10H2,(H2,20,24). The van der Waals surface area contributed by atoms with Crippen molar-refractivity contribution in [3.05, 3.63) is 64.0 Å². The van der Waals surface area contributed by atoms with E-state index in [1.807, 2.05) is 4.90 Å². The highest BCUT2D eigenvalue weighted by molar-refractivity contribution is 5.99. The first-order valence-corrected chi connectivity index (χ1v) is 8.30. The van der Waals surface area contributed by atoms with Gasteiger partial charge in [-0.1, -0.05) is 12.1 Å². The fourth-order valence-electron chi connectivity index (χ4n) is 3.17. The van der Waals surface area contributed by atoms with Crippen molar-refractivity contribution in [3.8, 4) is 0 Å². The molecule has 0 saturated carbocycles. The zero-order valence-corrected chi connectivity index (χ0v) is 14.0. The van der Waals surface area contributed by atoms with E-state index in [4.69, 9.17) is 5.73 Å². The van der Waals surface area contributed by atoms with Crippen LogP contribution in [-0.4, -0.2) is 30.0 Å². The molecule has 2 aromatic carbocycles. The molecule has 0 unspecified atom stereocenters. The number of piperidine rings is 1. The summed E-state index contributed by atoms with van der Waals surface area (Å²) >= 11 is 0. The number of non-ortho nitro benzene ring substituents is 1. The van der Waals surface area contributed by atoms with Crippen LogP contribution < -0.4 is 16.0 Å². The Morgan fingerprint density at radius 2 is 1.92 bits per heavy atom. The van der Waals surface area contributed by atoms with Crippen molar-refractivity contribution >= 4 is 23.0 Å². The lowest BCUT2D eigenvalue weighted by molar-refractivity contribution is -0.384. The van der Waals surface area contributed by atoms with Crippen molar-refractivity contribution in [1.82, 2.24) is 0 Å². The van der Waals surface area contributed by atoms with Gasteiger partial charge in [-0.05, 0) is 31.0 Å². The fraction of sp³-hybridized carbons (Fsp3) is 0.278. The summed E-state index contributed by atoms with van der Waals surface area (Å²) in [5, 5.41) is 14.1. The van der Waals surface area contributed by atoms with Crippen LogP contribution in [-0.2, 0) is 0 Å². The average molecular weight is 358 g/mol. The van der Waals surface area contributed by atoms with Gasteiger partial charge in [0.15, 0.2) is 0 Å². The van der Waals surface area contributed by atoms with Crippen molar-refractivity contribution < 1.29 is 14.1 Å². The molecule has 0 aliphatic carbocycles. The van der Waals surface area contributed by atoms with Gasteiger partial charge in [0.25, 0.3) is 11.6 Å². The number of carbonyl (C=O) groups is 1. The molecule has 0 atom stereocenters. The summed E-state index contributed by atoms with van der Waals surface area (Å²) in [6.45, 7) is 1.26. The summed E-state index contributed by atoms with van der Waals surface area (Å²) in [6.07, 6.45) is 1.48. The van der Waals surface area contributed by atoms with Gasteiger partial charge in [0, 0.05) is 31.3 Å². The molecule has 7 nitrogen and oxygen atoms in total. The first-order valence-electron chi connectivity index (χ1n) is 8.30. The molecule has 2 aromatic rings. The van der Waals surface area contributed by atoms with Gasteiger partial charge in [-0.15, -0.1) is 0 Å². The number of para-hydroxylation sites is 1. The van der Waals surface area contributed by atoms with E-state index in [0.29, 0.717) is 24.5 Å². The Bertz CT molecular complexity index is 835. The monoisotopic (exact) mass is 358 g/mol. The first kappa shape index (κ1) is 17.7. The Kier molecular flexibility index (Phi) is 5.01. The van der Waals surface area contributed by atoms with E-state index in [1.54, 1.807) is 24.3 Å². The van der Waals surface area contributed by atoms with Crippen molar-refractivity contribution in [1.29, 1.82) is 0 Å². The van der Waals surface area contributed by atoms with Crippen LogP contribution in [0.2, 0.25) is 0 Å². The minimum absolute atomic E-state index is 0.109. The van der Waals surface area contributed by atoms with E-state index in [2.05, 4.69) is 5.32 Å². The Labute approximate surface area is 149 Å². The molecule has 3 N–H and O–H groups in total. The summed E-state index contributed by atoms with van der Waals surface area (Å²) in [5.41, 5.74) is 6.43. The predicted octanol–water partition coefficient (Wildman–Crippen LogP) is 2.91. The van der Waals surface area contributed by atoms with Crippen LogP contribution in [0.1, 0.15) is 23.2 Å². The SMILES string of the molecule is NC(=O)c1cc([N+](=O)[O-])ccc1N1CCC(Nc2ccccc2F)CC1. The number of rotatable bonds is 5. The molecule has 26 heavy (non-hydrogen) atoms. The van der Waals surface area contributed by atoms with Crippen LogP contribution in [0.3, 0.4) is 0 Å². The summed E-state index contributed by atoms with van der Waals surface area (Å²) in [6, 6.07) is 10.8. The van der Waals surface area contributed by atoms with Crippen LogP contribution in [0, 0.1) is 15.9 Å². The maximum Gasteiger partial charge on any atom is 0.270 e. The second-order valence-corrected chi connectivity index (χ2v) is 6.21. The average Bonchev–Trinajstić information content (AvgIpc) is 2.63. The zero-order valence-electron chi connectivity index (χ0n) is 14.0. The molecular formula is C18H19FN4O3. The van der Waals surface area contributed by atoms with Gasteiger partial charge < -0.3 is 16.0 Å². The zero-order chi connectivity index (χ0) is 18.7. The molecule has 0 aromatic heterocycles. The maximum atomic E-state index is 13.8. The number of hydrogen-bond acceptors (Lipinski definition) is 5. The molecule has 1 fully saturated rings. The number of nitro benzene ring substituents is 1. The number of hydrogen-bond donors (Lipinski definition) is 2. The minimum Gasteiger partial charge on any atom is -0.380 e. The lowest BCUT2D eigenvalue weighted by atomic mass is 10.0. The van der Waals surface area contributed by atoms with Gasteiger partial charge in [-0.2, -0.15) is 0 Å². The quantitative estimate of drug-likeness (QED) is 0.632. The second kappa shape index (κ2) is 7.38. The Morgan fingerprint density at radius 1 is 1.23 bits per heavy atom. The lowest BCUT2D eigenvalue weighted by Crippen LogP contribution is -2.40. The van der Waals surface area contributed by atoms with Crippen LogP contribution >= 0.6 is 0 Å². The molecule has 0 radical (unpaired) electrons. The highest BCUT2D eigenvalue weighted by Gasteiger charge is 2.24. The van der Waals surface area contributed by atoms with Crippen molar-refractivity contribution in [2.45, 2.75) is 18.9 Å². The summed E-state index contributed by atoms with van der Waals surface area (Å²) in [4.78, 5) is 24.0.